The number of benzene rings is 1. The minimum absolute atomic E-state index is 0.377. The number of nitrogens with one attached hydrogen (secondary N) is 1. The summed E-state index contributed by atoms with van der Waals surface area (Å²) in [7, 11) is 2.03. The second kappa shape index (κ2) is 5.85. The van der Waals surface area contributed by atoms with Crippen LogP contribution in [0.5, 0.6) is 0 Å². The van der Waals surface area contributed by atoms with E-state index < -0.39 is 0 Å². The summed E-state index contributed by atoms with van der Waals surface area (Å²) in [4.78, 5) is 0. The first-order valence-corrected chi connectivity index (χ1v) is 6.56. The van der Waals surface area contributed by atoms with E-state index in [1.54, 1.807) is 0 Å². The lowest BCUT2D eigenvalue weighted by molar-refractivity contribution is 0.299. The average molecular weight is 317 g/mol. The summed E-state index contributed by atoms with van der Waals surface area (Å²) in [6, 6.07) is 8.85. The second-order valence-corrected chi connectivity index (χ2v) is 5.74. The smallest absolute Gasteiger partial charge is 0.0130 e. The first-order chi connectivity index (χ1) is 7.09. The van der Waals surface area contributed by atoms with Crippen LogP contribution in [0.1, 0.15) is 25.8 Å². The van der Waals surface area contributed by atoms with Gasteiger partial charge >= 0.3 is 0 Å². The topological polar surface area (TPSA) is 12.0 Å². The van der Waals surface area contributed by atoms with E-state index in [1.807, 2.05) is 7.05 Å². The molecule has 1 N–H and O–H groups in total. The van der Waals surface area contributed by atoms with Gasteiger partial charge in [-0.05, 0) is 65.6 Å². The molecule has 2 heteroatoms. The molecule has 1 unspecified atom stereocenters. The van der Waals surface area contributed by atoms with Crippen LogP contribution in [-0.4, -0.2) is 13.6 Å². The quantitative estimate of drug-likeness (QED) is 0.820. The summed E-state index contributed by atoms with van der Waals surface area (Å²) in [5.74, 6) is 0. The Balaban J connectivity index is 2.70. The maximum Gasteiger partial charge on any atom is 0.0130 e. The molecule has 0 radical (unpaired) electrons. The molecule has 0 aromatic heterocycles. The first kappa shape index (κ1) is 13.0. The summed E-state index contributed by atoms with van der Waals surface area (Å²) in [5, 5.41) is 3.29. The molecule has 1 nitrogen and oxygen atoms in total. The Morgan fingerprint density at radius 2 is 1.87 bits per heavy atom. The summed E-state index contributed by atoms with van der Waals surface area (Å²) < 4.78 is 1.31. The van der Waals surface area contributed by atoms with Gasteiger partial charge in [-0.25, -0.2) is 0 Å². The monoisotopic (exact) mass is 317 g/mol. The third kappa shape index (κ3) is 4.11. The molecular formula is C13H20IN. The lowest BCUT2D eigenvalue weighted by atomic mass is 9.81. The number of hydrogen-bond donors (Lipinski definition) is 1. The van der Waals surface area contributed by atoms with Crippen molar-refractivity contribution in [3.63, 3.8) is 0 Å². The van der Waals surface area contributed by atoms with Crippen LogP contribution in [0.15, 0.2) is 24.3 Å². The Kier molecular flexibility index (Phi) is 5.06. The van der Waals surface area contributed by atoms with E-state index in [2.05, 4.69) is 66.0 Å². The molecule has 0 bridgehead atoms. The van der Waals surface area contributed by atoms with Crippen LogP contribution in [0, 0.1) is 8.99 Å². The van der Waals surface area contributed by atoms with Crippen LogP contribution in [0.2, 0.25) is 0 Å². The lowest BCUT2D eigenvalue weighted by Crippen LogP contribution is -2.31. The van der Waals surface area contributed by atoms with Crippen molar-refractivity contribution in [1.82, 2.24) is 5.32 Å². The van der Waals surface area contributed by atoms with Crippen molar-refractivity contribution in [2.75, 3.05) is 13.6 Å². The third-order valence-electron chi connectivity index (χ3n) is 3.00. The Bertz CT molecular complexity index is 294. The van der Waals surface area contributed by atoms with Gasteiger partial charge < -0.3 is 5.32 Å². The zero-order valence-corrected chi connectivity index (χ0v) is 12.0. The van der Waals surface area contributed by atoms with Crippen molar-refractivity contribution in [2.45, 2.75) is 26.7 Å². The fourth-order valence-electron chi connectivity index (χ4n) is 1.83. The summed E-state index contributed by atoms with van der Waals surface area (Å²) in [5.41, 5.74) is 1.82. The molecule has 0 amide bonds. The molecule has 0 spiro atoms. The average Bonchev–Trinajstić information content (AvgIpc) is 2.22. The van der Waals surface area contributed by atoms with Crippen molar-refractivity contribution in [3.8, 4) is 0 Å². The fraction of sp³-hybridized carbons (Fsp3) is 0.538. The molecule has 1 aromatic rings. The molecule has 1 atom stereocenters. The number of rotatable bonds is 5. The molecule has 0 fully saturated rings. The highest BCUT2D eigenvalue weighted by atomic mass is 127. The highest BCUT2D eigenvalue weighted by Crippen LogP contribution is 2.25. The Morgan fingerprint density at radius 3 is 2.33 bits per heavy atom. The predicted molar refractivity (Wildman–Crippen MR) is 75.2 cm³/mol. The molecule has 0 aliphatic rings. The van der Waals surface area contributed by atoms with Crippen LogP contribution < -0.4 is 5.32 Å². The van der Waals surface area contributed by atoms with Gasteiger partial charge in [0.15, 0.2) is 0 Å². The van der Waals surface area contributed by atoms with Crippen LogP contribution in [0.25, 0.3) is 0 Å². The summed E-state index contributed by atoms with van der Waals surface area (Å²) >= 11 is 2.35. The van der Waals surface area contributed by atoms with E-state index in [4.69, 9.17) is 0 Å². The maximum atomic E-state index is 3.29. The van der Waals surface area contributed by atoms with Crippen LogP contribution in [-0.2, 0) is 6.42 Å². The van der Waals surface area contributed by atoms with Crippen molar-refractivity contribution in [2.24, 2.45) is 5.41 Å². The second-order valence-electron chi connectivity index (χ2n) is 4.50. The number of halogens is 1. The van der Waals surface area contributed by atoms with Gasteiger partial charge in [0.25, 0.3) is 0 Å². The summed E-state index contributed by atoms with van der Waals surface area (Å²) in [6.07, 6.45) is 2.36. The highest BCUT2D eigenvalue weighted by Gasteiger charge is 2.21. The van der Waals surface area contributed by atoms with Crippen molar-refractivity contribution < 1.29 is 0 Å². The van der Waals surface area contributed by atoms with E-state index in [1.165, 1.54) is 15.6 Å². The highest BCUT2D eigenvalue weighted by molar-refractivity contribution is 14.1. The van der Waals surface area contributed by atoms with E-state index >= 15 is 0 Å². The van der Waals surface area contributed by atoms with Crippen LogP contribution >= 0.6 is 22.6 Å². The van der Waals surface area contributed by atoms with Crippen molar-refractivity contribution >= 4 is 22.6 Å². The standard InChI is InChI=1S/C13H20IN/c1-4-13(2,10-15-3)9-11-5-7-12(14)8-6-11/h5-8,15H,4,9-10H2,1-3H3. The van der Waals surface area contributed by atoms with E-state index in [9.17, 15) is 0 Å². The van der Waals surface area contributed by atoms with Gasteiger partial charge in [0.2, 0.25) is 0 Å². The van der Waals surface area contributed by atoms with Crippen LogP contribution in [0.3, 0.4) is 0 Å². The Labute approximate surface area is 107 Å². The van der Waals surface area contributed by atoms with Gasteiger partial charge in [0.05, 0.1) is 0 Å². The molecular weight excluding hydrogens is 297 g/mol. The van der Waals surface area contributed by atoms with Gasteiger partial charge in [-0.1, -0.05) is 26.0 Å². The molecule has 0 aliphatic carbocycles. The molecule has 84 valence electrons. The van der Waals surface area contributed by atoms with Gasteiger partial charge in [0, 0.05) is 10.1 Å². The van der Waals surface area contributed by atoms with Crippen LogP contribution in [0.4, 0.5) is 0 Å². The molecule has 0 aliphatic heterocycles. The fourth-order valence-corrected chi connectivity index (χ4v) is 2.19. The van der Waals surface area contributed by atoms with E-state index in [0.29, 0.717) is 5.41 Å². The zero-order chi connectivity index (χ0) is 11.3. The molecule has 15 heavy (non-hydrogen) atoms. The predicted octanol–water partition coefficient (Wildman–Crippen LogP) is 3.47. The third-order valence-corrected chi connectivity index (χ3v) is 3.72. The molecule has 0 saturated heterocycles. The molecule has 0 heterocycles. The van der Waals surface area contributed by atoms with E-state index in [-0.39, 0.29) is 0 Å². The Morgan fingerprint density at radius 1 is 1.27 bits per heavy atom. The lowest BCUT2D eigenvalue weighted by Gasteiger charge is -2.28. The van der Waals surface area contributed by atoms with Crippen molar-refractivity contribution in [1.29, 1.82) is 0 Å². The molecule has 1 rings (SSSR count). The molecule has 1 aromatic carbocycles. The van der Waals surface area contributed by atoms with Gasteiger partial charge in [-0.15, -0.1) is 0 Å². The summed E-state index contributed by atoms with van der Waals surface area (Å²) in [6.45, 7) is 5.70. The molecule has 0 saturated carbocycles. The van der Waals surface area contributed by atoms with Gasteiger partial charge in [-0.2, -0.15) is 0 Å². The van der Waals surface area contributed by atoms with Gasteiger partial charge in [-0.3, -0.25) is 0 Å². The first-order valence-electron chi connectivity index (χ1n) is 5.49. The minimum Gasteiger partial charge on any atom is -0.319 e. The maximum absolute atomic E-state index is 3.29. The number of hydrogen-bond acceptors (Lipinski definition) is 1. The van der Waals surface area contributed by atoms with Crippen molar-refractivity contribution in [3.05, 3.63) is 33.4 Å². The normalized spacial score (nSPS) is 14.9. The van der Waals surface area contributed by atoms with E-state index in [0.717, 1.165) is 13.0 Å². The SMILES string of the molecule is CCC(C)(CNC)Cc1ccc(I)cc1. The zero-order valence-electron chi connectivity index (χ0n) is 9.81. The largest absolute Gasteiger partial charge is 0.319 e. The minimum atomic E-state index is 0.377. The van der Waals surface area contributed by atoms with Gasteiger partial charge in [0.1, 0.15) is 0 Å². The Hall–Kier alpha value is -0.0900.